The number of rotatable bonds is 4. The molecule has 0 bridgehead atoms. The summed E-state index contributed by atoms with van der Waals surface area (Å²) in [4.78, 5) is 13.3. The third kappa shape index (κ3) is 3.64. The average molecular weight is 266 g/mol. The minimum atomic E-state index is -3.19. The van der Waals surface area contributed by atoms with Crippen LogP contribution in [0.4, 0.5) is 0 Å². The summed E-state index contributed by atoms with van der Waals surface area (Å²) in [6.45, 7) is 3.35. The van der Waals surface area contributed by atoms with Gasteiger partial charge in [-0.2, -0.15) is 11.8 Å². The van der Waals surface area contributed by atoms with Crippen molar-refractivity contribution >= 4 is 27.5 Å². The molecule has 0 spiro atoms. The molecule has 1 heterocycles. The quantitative estimate of drug-likeness (QED) is 0.746. The van der Waals surface area contributed by atoms with Crippen molar-refractivity contribution < 1.29 is 13.2 Å². The standard InChI is InChI=1S/C9H18N2O3S2/c1-3-10-6-8(12)11-4-5-15-7-9(11)16(2,13)14/h9-10H,3-7H2,1-2H3. The first kappa shape index (κ1) is 13.8. The largest absolute Gasteiger partial charge is 0.323 e. The molecule has 0 aromatic rings. The molecular formula is C9H18N2O3S2. The molecule has 1 aliphatic rings. The Morgan fingerprint density at radius 1 is 1.56 bits per heavy atom. The van der Waals surface area contributed by atoms with E-state index in [1.165, 1.54) is 11.2 Å². The molecule has 94 valence electrons. The Labute approximate surface area is 101 Å². The van der Waals surface area contributed by atoms with Gasteiger partial charge in [0.2, 0.25) is 5.91 Å². The topological polar surface area (TPSA) is 66.5 Å². The van der Waals surface area contributed by atoms with Crippen LogP contribution in [0.5, 0.6) is 0 Å². The summed E-state index contributed by atoms with van der Waals surface area (Å²) in [6.07, 6.45) is 1.19. The molecule has 1 fully saturated rings. The van der Waals surface area contributed by atoms with Gasteiger partial charge in [-0.1, -0.05) is 6.92 Å². The third-order valence-corrected chi connectivity index (χ3v) is 5.07. The molecule has 0 saturated carbocycles. The number of sulfone groups is 1. The van der Waals surface area contributed by atoms with E-state index in [1.807, 2.05) is 6.92 Å². The fourth-order valence-electron chi connectivity index (χ4n) is 1.55. The lowest BCUT2D eigenvalue weighted by Crippen LogP contribution is -2.52. The molecule has 0 aliphatic carbocycles. The van der Waals surface area contributed by atoms with Crippen molar-refractivity contribution in [1.29, 1.82) is 0 Å². The Kier molecular flexibility index (Phi) is 5.07. The lowest BCUT2D eigenvalue weighted by molar-refractivity contribution is -0.130. The van der Waals surface area contributed by atoms with Gasteiger partial charge >= 0.3 is 0 Å². The average Bonchev–Trinajstić information content (AvgIpc) is 2.24. The second-order valence-electron chi connectivity index (χ2n) is 3.73. The highest BCUT2D eigenvalue weighted by molar-refractivity contribution is 8.00. The Morgan fingerprint density at radius 3 is 2.81 bits per heavy atom. The van der Waals surface area contributed by atoms with Gasteiger partial charge < -0.3 is 10.2 Å². The first-order valence-corrected chi connectivity index (χ1v) is 8.34. The Bertz CT molecular complexity index is 343. The molecular weight excluding hydrogens is 248 g/mol. The van der Waals surface area contributed by atoms with Gasteiger partial charge in [-0.15, -0.1) is 0 Å². The van der Waals surface area contributed by atoms with Crippen LogP contribution >= 0.6 is 11.8 Å². The molecule has 0 aromatic heterocycles. The highest BCUT2D eigenvalue weighted by Gasteiger charge is 2.33. The van der Waals surface area contributed by atoms with Crippen molar-refractivity contribution in [1.82, 2.24) is 10.2 Å². The van der Waals surface area contributed by atoms with Crippen LogP contribution in [0.15, 0.2) is 0 Å². The number of hydrogen-bond acceptors (Lipinski definition) is 5. The second kappa shape index (κ2) is 5.88. The van der Waals surface area contributed by atoms with E-state index in [4.69, 9.17) is 0 Å². The van der Waals surface area contributed by atoms with Crippen LogP contribution in [-0.4, -0.2) is 62.0 Å². The predicted molar refractivity (Wildman–Crippen MR) is 66.2 cm³/mol. The van der Waals surface area contributed by atoms with E-state index < -0.39 is 15.2 Å². The molecule has 16 heavy (non-hydrogen) atoms. The Morgan fingerprint density at radius 2 is 2.25 bits per heavy atom. The van der Waals surface area contributed by atoms with Crippen LogP contribution in [0.25, 0.3) is 0 Å². The third-order valence-electron chi connectivity index (χ3n) is 2.43. The minimum Gasteiger partial charge on any atom is -0.323 e. The normalized spacial score (nSPS) is 22.1. The van der Waals surface area contributed by atoms with Gasteiger partial charge in [0.1, 0.15) is 5.37 Å². The SMILES string of the molecule is CCNCC(=O)N1CCSCC1S(C)(=O)=O. The lowest BCUT2D eigenvalue weighted by atomic mass is 10.4. The maximum atomic E-state index is 11.8. The molecule has 1 amide bonds. The van der Waals surface area contributed by atoms with E-state index in [2.05, 4.69) is 5.32 Å². The van der Waals surface area contributed by atoms with Crippen molar-refractivity contribution in [2.45, 2.75) is 12.3 Å². The summed E-state index contributed by atoms with van der Waals surface area (Å²) < 4.78 is 23.1. The van der Waals surface area contributed by atoms with E-state index in [1.54, 1.807) is 11.8 Å². The van der Waals surface area contributed by atoms with E-state index in [-0.39, 0.29) is 12.5 Å². The molecule has 1 aliphatic heterocycles. The fourth-order valence-corrected chi connectivity index (χ4v) is 4.39. The smallest absolute Gasteiger partial charge is 0.237 e. The summed E-state index contributed by atoms with van der Waals surface area (Å²) in [7, 11) is -3.19. The van der Waals surface area contributed by atoms with Gasteiger partial charge in [0.05, 0.1) is 6.54 Å². The first-order valence-electron chi connectivity index (χ1n) is 5.23. The minimum absolute atomic E-state index is 0.127. The van der Waals surface area contributed by atoms with Crippen LogP contribution in [-0.2, 0) is 14.6 Å². The summed E-state index contributed by atoms with van der Waals surface area (Å²) in [5, 5.41) is 2.27. The van der Waals surface area contributed by atoms with Crippen molar-refractivity contribution in [2.75, 3.05) is 37.4 Å². The zero-order valence-electron chi connectivity index (χ0n) is 9.60. The van der Waals surface area contributed by atoms with Gasteiger partial charge in [-0.05, 0) is 6.54 Å². The zero-order chi connectivity index (χ0) is 12.2. The molecule has 0 aromatic carbocycles. The van der Waals surface area contributed by atoms with Gasteiger partial charge in [-0.25, -0.2) is 8.42 Å². The van der Waals surface area contributed by atoms with E-state index in [0.29, 0.717) is 18.8 Å². The molecule has 1 atom stereocenters. The summed E-state index contributed by atoms with van der Waals surface area (Å²) in [6, 6.07) is 0. The summed E-state index contributed by atoms with van der Waals surface area (Å²) in [5.41, 5.74) is 0. The zero-order valence-corrected chi connectivity index (χ0v) is 11.2. The molecule has 5 nitrogen and oxygen atoms in total. The van der Waals surface area contributed by atoms with Crippen molar-refractivity contribution in [3.05, 3.63) is 0 Å². The van der Waals surface area contributed by atoms with Gasteiger partial charge in [0.25, 0.3) is 0 Å². The number of hydrogen-bond donors (Lipinski definition) is 1. The number of carbonyl (C=O) groups is 1. The highest BCUT2D eigenvalue weighted by atomic mass is 32.2. The number of likely N-dealkylation sites (N-methyl/N-ethyl adjacent to an activating group) is 1. The first-order chi connectivity index (χ1) is 7.46. The monoisotopic (exact) mass is 266 g/mol. The molecule has 1 saturated heterocycles. The number of nitrogens with zero attached hydrogens (tertiary/aromatic N) is 1. The number of amides is 1. The van der Waals surface area contributed by atoms with Crippen molar-refractivity contribution in [3.63, 3.8) is 0 Å². The highest BCUT2D eigenvalue weighted by Crippen LogP contribution is 2.20. The Hall–Kier alpha value is -0.270. The molecule has 0 radical (unpaired) electrons. The summed E-state index contributed by atoms with van der Waals surface area (Å²) >= 11 is 1.58. The number of thioether (sulfide) groups is 1. The van der Waals surface area contributed by atoms with Crippen molar-refractivity contribution in [3.8, 4) is 0 Å². The molecule has 1 rings (SSSR count). The van der Waals surface area contributed by atoms with Gasteiger partial charge in [-0.3, -0.25) is 4.79 Å². The number of nitrogens with one attached hydrogen (secondary N) is 1. The van der Waals surface area contributed by atoms with Crippen LogP contribution in [0, 0.1) is 0 Å². The predicted octanol–water partition coefficient (Wildman–Crippen LogP) is -0.458. The van der Waals surface area contributed by atoms with Crippen molar-refractivity contribution in [2.24, 2.45) is 0 Å². The van der Waals surface area contributed by atoms with Gasteiger partial charge in [0, 0.05) is 24.3 Å². The number of carbonyl (C=O) groups excluding carboxylic acids is 1. The molecule has 1 N–H and O–H groups in total. The molecule has 1 unspecified atom stereocenters. The van der Waals surface area contributed by atoms with Crippen LogP contribution in [0.2, 0.25) is 0 Å². The van der Waals surface area contributed by atoms with Gasteiger partial charge in [0.15, 0.2) is 9.84 Å². The lowest BCUT2D eigenvalue weighted by Gasteiger charge is -2.34. The van der Waals surface area contributed by atoms with E-state index >= 15 is 0 Å². The van der Waals surface area contributed by atoms with Crippen LogP contribution in [0.3, 0.4) is 0 Å². The van der Waals surface area contributed by atoms with E-state index in [0.717, 1.165) is 5.75 Å². The second-order valence-corrected chi connectivity index (χ2v) is 7.08. The maximum Gasteiger partial charge on any atom is 0.237 e. The van der Waals surface area contributed by atoms with E-state index in [9.17, 15) is 13.2 Å². The van der Waals surface area contributed by atoms with Crippen LogP contribution in [0.1, 0.15) is 6.92 Å². The summed E-state index contributed by atoms with van der Waals surface area (Å²) in [5.74, 6) is 1.17. The Balaban J connectivity index is 2.71. The maximum absolute atomic E-state index is 11.8. The fraction of sp³-hybridized carbons (Fsp3) is 0.889. The van der Waals surface area contributed by atoms with Crippen LogP contribution < -0.4 is 5.32 Å². The molecule has 7 heteroatoms.